The van der Waals surface area contributed by atoms with E-state index in [9.17, 15) is 15.0 Å². The molecule has 11 heteroatoms. The van der Waals surface area contributed by atoms with Crippen LogP contribution in [0.4, 0.5) is 0 Å². The van der Waals surface area contributed by atoms with Crippen LogP contribution in [0.15, 0.2) is 41.2 Å². The number of nitrogens with one attached hydrogen (secondary N) is 1. The molecule has 2 rings (SSSR count). The maximum Gasteiger partial charge on any atom is 0.277 e. The molecular weight excluding hydrogens is 620 g/mol. The third-order valence-electron chi connectivity index (χ3n) is 3.14. The van der Waals surface area contributed by atoms with E-state index >= 15 is 0 Å². The molecule has 0 aliphatic rings. The van der Waals surface area contributed by atoms with Gasteiger partial charge in [0, 0.05) is 5.56 Å². The minimum atomic E-state index is -0.487. The third-order valence-corrected chi connectivity index (χ3v) is 5.76. The number of halogens is 4. The van der Waals surface area contributed by atoms with Crippen LogP contribution in [-0.4, -0.2) is 36.1 Å². The molecule has 0 aliphatic heterocycles. The van der Waals surface area contributed by atoms with Gasteiger partial charge < -0.3 is 19.7 Å². The molecule has 27 heavy (non-hydrogen) atoms. The first-order valence-electron chi connectivity index (χ1n) is 7.12. The Labute approximate surface area is 188 Å². The number of methoxy groups -OCH3 is 1. The number of carbonyl (C=O) groups excluding carboxylic acids is 1. The Hall–Kier alpha value is -1.30. The van der Waals surface area contributed by atoms with Gasteiger partial charge in [-0.1, -0.05) is 0 Å². The van der Waals surface area contributed by atoms with Crippen LogP contribution in [-0.2, 0) is 4.79 Å². The van der Waals surface area contributed by atoms with Crippen molar-refractivity contribution in [3.8, 4) is 23.0 Å². The van der Waals surface area contributed by atoms with Gasteiger partial charge in [0.2, 0.25) is 0 Å². The summed E-state index contributed by atoms with van der Waals surface area (Å²) in [4.78, 5) is 11.9. The second-order valence-electron chi connectivity index (χ2n) is 4.96. The average Bonchev–Trinajstić information content (AvgIpc) is 2.63. The predicted octanol–water partition coefficient (Wildman–Crippen LogP) is 4.69. The van der Waals surface area contributed by atoms with Crippen molar-refractivity contribution in [2.45, 2.75) is 0 Å². The summed E-state index contributed by atoms with van der Waals surface area (Å²) in [5.41, 5.74) is 2.76. The number of benzene rings is 2. The number of ether oxygens (including phenoxy) is 2. The molecule has 0 saturated heterocycles. The van der Waals surface area contributed by atoms with Gasteiger partial charge in [-0.05, 0) is 81.9 Å². The lowest BCUT2D eigenvalue weighted by Gasteiger charge is -2.11. The smallest absolute Gasteiger partial charge is 0.277 e. The number of amides is 1. The van der Waals surface area contributed by atoms with Gasteiger partial charge >= 0.3 is 0 Å². The molecule has 0 radical (unpaired) electrons. The zero-order chi connectivity index (χ0) is 20.1. The van der Waals surface area contributed by atoms with E-state index in [0.29, 0.717) is 26.0 Å². The summed E-state index contributed by atoms with van der Waals surface area (Å²) in [7, 11) is 1.55. The Bertz CT molecular complexity index is 882. The second-order valence-corrected chi connectivity index (χ2v) is 8.32. The van der Waals surface area contributed by atoms with Gasteiger partial charge in [0.1, 0.15) is 11.5 Å². The van der Waals surface area contributed by atoms with Crippen LogP contribution in [0, 0.1) is 0 Å². The van der Waals surface area contributed by atoms with E-state index in [0.717, 1.165) is 0 Å². The van der Waals surface area contributed by atoms with Crippen molar-refractivity contribution in [3.05, 3.63) is 41.7 Å². The molecule has 7 nitrogen and oxygen atoms in total. The molecule has 2 aromatic carbocycles. The maximum atomic E-state index is 11.9. The van der Waals surface area contributed by atoms with Crippen molar-refractivity contribution in [3.63, 3.8) is 0 Å². The van der Waals surface area contributed by atoms with Crippen LogP contribution in [0.1, 0.15) is 5.56 Å². The van der Waals surface area contributed by atoms with E-state index in [1.54, 1.807) is 19.2 Å². The Kier molecular flexibility index (Phi) is 7.95. The minimum Gasteiger partial charge on any atom is -0.503 e. The fraction of sp³-hybridized carbons (Fsp3) is 0.125. The average molecular weight is 632 g/mol. The van der Waals surface area contributed by atoms with Crippen molar-refractivity contribution in [2.24, 2.45) is 5.10 Å². The highest BCUT2D eigenvalue weighted by molar-refractivity contribution is 9.11. The molecular formula is C16H12Br4N2O5. The van der Waals surface area contributed by atoms with Gasteiger partial charge in [-0.3, -0.25) is 4.79 Å². The van der Waals surface area contributed by atoms with Gasteiger partial charge in [-0.25, -0.2) is 5.43 Å². The highest BCUT2D eigenvalue weighted by atomic mass is 79.9. The minimum absolute atomic E-state index is 0.239. The lowest BCUT2D eigenvalue weighted by molar-refractivity contribution is -0.123. The van der Waals surface area contributed by atoms with Crippen LogP contribution < -0.4 is 14.9 Å². The highest BCUT2D eigenvalue weighted by Crippen LogP contribution is 2.41. The summed E-state index contributed by atoms with van der Waals surface area (Å²) in [5.74, 6) is -0.0463. The van der Waals surface area contributed by atoms with Crippen LogP contribution in [0.3, 0.4) is 0 Å². The topological polar surface area (TPSA) is 100 Å². The standard InChI is InChI=1S/C16H12Br4N2O5/c1-26-8-3-10(18)16(11(19)4-8)27-6-12(23)22-21-5-7-2-9(17)14(24)15(25)13(7)20/h2-5,24-25H,6H2,1H3,(H,22,23). The molecule has 0 aliphatic carbocycles. The maximum absolute atomic E-state index is 11.9. The van der Waals surface area contributed by atoms with Crippen LogP contribution in [0.5, 0.6) is 23.0 Å². The van der Waals surface area contributed by atoms with E-state index < -0.39 is 5.91 Å². The first-order valence-corrected chi connectivity index (χ1v) is 10.3. The molecule has 0 spiro atoms. The van der Waals surface area contributed by atoms with E-state index in [4.69, 9.17) is 9.47 Å². The van der Waals surface area contributed by atoms with Crippen molar-refractivity contribution in [1.82, 2.24) is 5.43 Å². The van der Waals surface area contributed by atoms with Gasteiger partial charge in [0.05, 0.1) is 31.2 Å². The Morgan fingerprint density at radius 3 is 2.33 bits per heavy atom. The summed E-state index contributed by atoms with van der Waals surface area (Å²) >= 11 is 12.9. The molecule has 0 heterocycles. The largest absolute Gasteiger partial charge is 0.503 e. The molecule has 3 N–H and O–H groups in total. The number of hydrogen-bond acceptors (Lipinski definition) is 6. The van der Waals surface area contributed by atoms with Gasteiger partial charge in [0.15, 0.2) is 18.1 Å². The van der Waals surface area contributed by atoms with Crippen molar-refractivity contribution < 1.29 is 24.5 Å². The fourth-order valence-corrected chi connectivity index (χ4v) is 4.06. The molecule has 2 aromatic rings. The summed E-state index contributed by atoms with van der Waals surface area (Å²) in [6.07, 6.45) is 1.31. The Morgan fingerprint density at radius 2 is 1.74 bits per heavy atom. The lowest BCUT2D eigenvalue weighted by atomic mass is 10.2. The fourth-order valence-electron chi connectivity index (χ4n) is 1.85. The number of aromatic hydroxyl groups is 2. The molecule has 0 fully saturated rings. The molecule has 0 atom stereocenters. The number of nitrogens with zero attached hydrogens (tertiary/aromatic N) is 1. The summed E-state index contributed by atoms with van der Waals surface area (Å²) in [6.45, 7) is -0.271. The third kappa shape index (κ3) is 5.59. The molecule has 144 valence electrons. The van der Waals surface area contributed by atoms with Gasteiger partial charge in [-0.15, -0.1) is 0 Å². The summed E-state index contributed by atoms with van der Waals surface area (Å²) < 4.78 is 12.4. The van der Waals surface area contributed by atoms with E-state index in [2.05, 4.69) is 74.2 Å². The highest BCUT2D eigenvalue weighted by Gasteiger charge is 2.14. The Morgan fingerprint density at radius 1 is 1.11 bits per heavy atom. The molecule has 0 aromatic heterocycles. The van der Waals surface area contributed by atoms with Crippen molar-refractivity contribution >= 4 is 75.8 Å². The first-order chi connectivity index (χ1) is 12.7. The van der Waals surface area contributed by atoms with Crippen LogP contribution in [0.2, 0.25) is 0 Å². The van der Waals surface area contributed by atoms with Crippen molar-refractivity contribution in [2.75, 3.05) is 13.7 Å². The number of rotatable bonds is 6. The zero-order valence-corrected chi connectivity index (χ0v) is 19.9. The molecule has 0 bridgehead atoms. The summed E-state index contributed by atoms with van der Waals surface area (Å²) in [6, 6.07) is 4.95. The lowest BCUT2D eigenvalue weighted by Crippen LogP contribution is -2.24. The summed E-state index contributed by atoms with van der Waals surface area (Å²) in [5, 5.41) is 23.2. The van der Waals surface area contributed by atoms with Gasteiger partial charge in [-0.2, -0.15) is 5.10 Å². The van der Waals surface area contributed by atoms with E-state index in [1.165, 1.54) is 12.3 Å². The van der Waals surface area contributed by atoms with Crippen LogP contribution in [0.25, 0.3) is 0 Å². The number of phenols is 2. The molecule has 0 saturated carbocycles. The second kappa shape index (κ2) is 9.76. The quantitative estimate of drug-likeness (QED) is 0.244. The zero-order valence-electron chi connectivity index (χ0n) is 13.6. The van der Waals surface area contributed by atoms with Crippen molar-refractivity contribution in [1.29, 1.82) is 0 Å². The normalized spacial score (nSPS) is 10.9. The number of hydrazone groups is 1. The monoisotopic (exact) mass is 628 g/mol. The first kappa shape index (κ1) is 22.0. The number of phenolic OH excluding ortho intramolecular Hbond substituents is 2. The van der Waals surface area contributed by atoms with E-state index in [-0.39, 0.29) is 27.1 Å². The predicted molar refractivity (Wildman–Crippen MR) is 115 cm³/mol. The molecule has 0 unspecified atom stereocenters. The van der Waals surface area contributed by atoms with Crippen LogP contribution >= 0.6 is 63.7 Å². The molecule has 1 amide bonds. The van der Waals surface area contributed by atoms with Gasteiger partial charge in [0.25, 0.3) is 5.91 Å². The number of carbonyl (C=O) groups is 1. The SMILES string of the molecule is COc1cc(Br)c(OCC(=O)NN=Cc2cc(Br)c(O)c(O)c2Br)c(Br)c1. The number of hydrogen-bond donors (Lipinski definition) is 3. The Balaban J connectivity index is 1.99. The van der Waals surface area contributed by atoms with E-state index in [1.807, 2.05) is 0 Å².